The molecule has 0 N–H and O–H groups in total. The van der Waals surface area contributed by atoms with Gasteiger partial charge in [0.15, 0.2) is 5.52 Å². The molecule has 13 nitrogen and oxygen atoms in total. The van der Waals surface area contributed by atoms with Crippen molar-refractivity contribution in [2.24, 2.45) is 0 Å². The number of amides is 3. The van der Waals surface area contributed by atoms with Gasteiger partial charge in [-0.25, -0.2) is 9.02 Å². The van der Waals surface area contributed by atoms with E-state index in [0.717, 1.165) is 27.2 Å². The fourth-order valence-electron chi connectivity index (χ4n) is 5.50. The number of rotatable bonds is 13. The summed E-state index contributed by atoms with van der Waals surface area (Å²) in [6, 6.07) is 24.5. The van der Waals surface area contributed by atoms with E-state index in [-0.39, 0.29) is 73.1 Å². The van der Waals surface area contributed by atoms with Crippen LogP contribution in [0.4, 0.5) is 15.8 Å². The Bertz CT molecular complexity index is 2020. The number of nitro groups is 1. The Kier molecular flexibility index (Phi) is 9.78. The van der Waals surface area contributed by atoms with Gasteiger partial charge in [-0.3, -0.25) is 29.4 Å². The molecule has 1 aliphatic heterocycles. The van der Waals surface area contributed by atoms with Crippen LogP contribution in [0, 0.1) is 17.0 Å². The normalized spacial score (nSPS) is 14.2. The van der Waals surface area contributed by atoms with Crippen molar-refractivity contribution >= 4 is 40.1 Å². The SMILES string of the molecule is Cc1ccc(-c2ccc(CN(C(=O)COCCOCCN3C(=O)c4ccccc4C(F)C3=O)c3ccc([N+](=O)[O-])c4nonc34)cc2)cc1. The Labute approximate surface area is 278 Å². The van der Waals surface area contributed by atoms with Crippen molar-refractivity contribution < 1.29 is 37.8 Å². The lowest BCUT2D eigenvalue weighted by Gasteiger charge is -2.28. The minimum atomic E-state index is -1.93. The molecule has 0 saturated carbocycles. The molecule has 3 amide bonds. The van der Waals surface area contributed by atoms with Crippen LogP contribution in [0.15, 0.2) is 89.6 Å². The second-order valence-corrected chi connectivity index (χ2v) is 11.3. The quantitative estimate of drug-likeness (QED) is 0.0692. The predicted molar refractivity (Wildman–Crippen MR) is 174 cm³/mol. The van der Waals surface area contributed by atoms with Gasteiger partial charge in [-0.15, -0.1) is 0 Å². The Morgan fingerprint density at radius 2 is 1.59 bits per heavy atom. The highest BCUT2D eigenvalue weighted by molar-refractivity contribution is 6.11. The highest BCUT2D eigenvalue weighted by Gasteiger charge is 2.38. The summed E-state index contributed by atoms with van der Waals surface area (Å²) in [6.07, 6.45) is -1.93. The van der Waals surface area contributed by atoms with Crippen LogP contribution in [0.3, 0.4) is 0 Å². The average Bonchev–Trinajstić information content (AvgIpc) is 3.61. The summed E-state index contributed by atoms with van der Waals surface area (Å²) in [4.78, 5) is 51.9. The number of carbonyl (C=O) groups is 3. The number of aromatic nitrogens is 2. The lowest BCUT2D eigenvalue weighted by molar-refractivity contribution is -0.383. The molecule has 1 unspecified atom stereocenters. The van der Waals surface area contributed by atoms with Crippen molar-refractivity contribution in [3.05, 3.63) is 117 Å². The maximum Gasteiger partial charge on any atom is 0.300 e. The van der Waals surface area contributed by atoms with Crippen molar-refractivity contribution in [2.75, 3.05) is 37.9 Å². The minimum Gasteiger partial charge on any atom is -0.377 e. The standard InChI is InChI=1S/C35H30FN5O8/c1-22-6-10-24(11-7-22)25-12-8-23(9-13-25)20-40(28-14-15-29(41(45)46)33-32(28)37-49-38-33)30(42)21-48-19-18-47-17-16-39-34(43)27-5-3-2-4-26(27)31(36)35(39)44/h2-15,31H,16-21H2,1H3. The third kappa shape index (κ3) is 7.05. The molecule has 49 heavy (non-hydrogen) atoms. The monoisotopic (exact) mass is 667 g/mol. The number of fused-ring (bicyclic) bond motifs is 2. The number of hydrogen-bond acceptors (Lipinski definition) is 10. The summed E-state index contributed by atoms with van der Waals surface area (Å²) in [5.41, 5.74) is 4.01. The smallest absolute Gasteiger partial charge is 0.300 e. The van der Waals surface area contributed by atoms with E-state index in [1.54, 1.807) is 12.1 Å². The van der Waals surface area contributed by atoms with Crippen LogP contribution in [-0.2, 0) is 25.6 Å². The van der Waals surface area contributed by atoms with E-state index in [4.69, 9.17) is 14.1 Å². The Balaban J connectivity index is 1.09. The number of alkyl halides is 1. The van der Waals surface area contributed by atoms with E-state index in [2.05, 4.69) is 10.3 Å². The van der Waals surface area contributed by atoms with Gasteiger partial charge >= 0.3 is 5.69 Å². The molecular formula is C35H30FN5O8. The number of benzene rings is 4. The van der Waals surface area contributed by atoms with Crippen molar-refractivity contribution in [2.45, 2.75) is 19.6 Å². The van der Waals surface area contributed by atoms with E-state index in [1.165, 1.54) is 29.2 Å². The largest absolute Gasteiger partial charge is 0.377 e. The molecule has 0 radical (unpaired) electrons. The first-order valence-corrected chi connectivity index (χ1v) is 15.3. The van der Waals surface area contributed by atoms with Crippen molar-refractivity contribution in [1.82, 2.24) is 15.2 Å². The maximum absolute atomic E-state index is 14.6. The molecule has 2 heterocycles. The molecule has 6 rings (SSSR count). The Morgan fingerprint density at radius 1 is 0.918 bits per heavy atom. The zero-order chi connectivity index (χ0) is 34.5. The van der Waals surface area contributed by atoms with Gasteiger partial charge in [-0.1, -0.05) is 72.3 Å². The summed E-state index contributed by atoms with van der Waals surface area (Å²) >= 11 is 0. The molecule has 0 saturated heterocycles. The molecule has 1 atom stereocenters. The highest BCUT2D eigenvalue weighted by Crippen LogP contribution is 2.33. The van der Waals surface area contributed by atoms with Crippen LogP contribution >= 0.6 is 0 Å². The van der Waals surface area contributed by atoms with Crippen molar-refractivity contribution in [3.63, 3.8) is 0 Å². The van der Waals surface area contributed by atoms with Crippen LogP contribution < -0.4 is 4.90 Å². The van der Waals surface area contributed by atoms with Gasteiger partial charge < -0.3 is 14.4 Å². The van der Waals surface area contributed by atoms with Crippen LogP contribution in [-0.4, -0.2) is 70.8 Å². The van der Waals surface area contributed by atoms with E-state index in [9.17, 15) is 28.9 Å². The third-order valence-electron chi connectivity index (χ3n) is 8.09. The topological polar surface area (TPSA) is 158 Å². The van der Waals surface area contributed by atoms with E-state index in [0.29, 0.717) is 0 Å². The molecule has 4 aromatic carbocycles. The zero-order valence-corrected chi connectivity index (χ0v) is 26.3. The molecule has 0 spiro atoms. The first-order chi connectivity index (χ1) is 23.7. The lowest BCUT2D eigenvalue weighted by Crippen LogP contribution is -2.45. The Morgan fingerprint density at radius 3 is 2.33 bits per heavy atom. The van der Waals surface area contributed by atoms with Gasteiger partial charge in [0, 0.05) is 17.2 Å². The molecule has 1 aliphatic rings. The molecule has 1 aromatic heterocycles. The van der Waals surface area contributed by atoms with E-state index >= 15 is 0 Å². The first kappa shape index (κ1) is 33.1. The van der Waals surface area contributed by atoms with Crippen LogP contribution in [0.1, 0.15) is 33.2 Å². The molecular weight excluding hydrogens is 637 g/mol. The van der Waals surface area contributed by atoms with Gasteiger partial charge in [-0.05, 0) is 46.1 Å². The van der Waals surface area contributed by atoms with Gasteiger partial charge in [0.2, 0.25) is 11.7 Å². The average molecular weight is 668 g/mol. The summed E-state index contributed by atoms with van der Waals surface area (Å²) in [5.74, 6) is -2.01. The first-order valence-electron chi connectivity index (χ1n) is 15.3. The predicted octanol–water partition coefficient (Wildman–Crippen LogP) is 5.37. The number of ether oxygens (including phenoxy) is 2. The number of aryl methyl sites for hydroxylation is 1. The fraction of sp³-hybridized carbons (Fsp3) is 0.229. The van der Waals surface area contributed by atoms with Gasteiger partial charge in [0.05, 0.1) is 43.5 Å². The number of imide groups is 1. The second-order valence-electron chi connectivity index (χ2n) is 11.3. The van der Waals surface area contributed by atoms with Crippen LogP contribution in [0.25, 0.3) is 22.2 Å². The number of non-ortho nitro benzene ring substituents is 1. The minimum absolute atomic E-state index is 0.0114. The van der Waals surface area contributed by atoms with Gasteiger partial charge in [0.25, 0.3) is 17.7 Å². The zero-order valence-electron chi connectivity index (χ0n) is 26.3. The summed E-state index contributed by atoms with van der Waals surface area (Å²) in [7, 11) is 0. The summed E-state index contributed by atoms with van der Waals surface area (Å²) in [6.45, 7) is 1.52. The van der Waals surface area contributed by atoms with Gasteiger partial charge in [-0.2, -0.15) is 0 Å². The number of hydrogen-bond donors (Lipinski definition) is 0. The number of anilines is 1. The lowest BCUT2D eigenvalue weighted by atomic mass is 9.97. The number of nitrogens with zero attached hydrogens (tertiary/aromatic N) is 5. The van der Waals surface area contributed by atoms with E-state index in [1.807, 2.05) is 55.5 Å². The Hall–Kier alpha value is -5.86. The molecule has 14 heteroatoms. The summed E-state index contributed by atoms with van der Waals surface area (Å²) in [5, 5.41) is 19.1. The number of carbonyl (C=O) groups excluding carboxylic acids is 3. The van der Waals surface area contributed by atoms with Crippen LogP contribution in [0.2, 0.25) is 0 Å². The van der Waals surface area contributed by atoms with E-state index < -0.39 is 28.8 Å². The second kappa shape index (κ2) is 14.5. The maximum atomic E-state index is 14.6. The molecule has 0 fully saturated rings. The molecule has 250 valence electrons. The highest BCUT2D eigenvalue weighted by atomic mass is 19.1. The number of halogens is 1. The van der Waals surface area contributed by atoms with Gasteiger partial charge in [0.1, 0.15) is 6.61 Å². The summed E-state index contributed by atoms with van der Waals surface area (Å²) < 4.78 is 30.5. The fourth-order valence-corrected chi connectivity index (χ4v) is 5.50. The molecule has 0 aliphatic carbocycles. The van der Waals surface area contributed by atoms with Crippen molar-refractivity contribution in [1.29, 1.82) is 0 Å². The van der Waals surface area contributed by atoms with Crippen molar-refractivity contribution in [3.8, 4) is 11.1 Å². The molecule has 5 aromatic rings. The number of nitro benzene ring substituents is 1. The van der Waals surface area contributed by atoms with Crippen LogP contribution in [0.5, 0.6) is 0 Å². The third-order valence-corrected chi connectivity index (χ3v) is 8.09. The molecule has 0 bridgehead atoms.